The zero-order valence-corrected chi connectivity index (χ0v) is 9.48. The van der Waals surface area contributed by atoms with Crippen molar-refractivity contribution in [3.8, 4) is 11.8 Å². The number of carbonyl (C=O) groups is 1. The normalized spacial score (nSPS) is 13.4. The molecule has 0 aliphatic heterocycles. The fraction of sp³-hybridized carbons (Fsp3) is 0.333. The Bertz CT molecular complexity index is 436. The van der Waals surface area contributed by atoms with Gasteiger partial charge in [0.2, 0.25) is 0 Å². The summed E-state index contributed by atoms with van der Waals surface area (Å²) in [4.78, 5) is 11.6. The first kappa shape index (κ1) is 12.1. The first-order valence-electron chi connectivity index (χ1n) is 4.73. The van der Waals surface area contributed by atoms with Crippen LogP contribution in [0.15, 0.2) is 24.3 Å². The molecule has 4 heteroatoms. The van der Waals surface area contributed by atoms with Crippen LogP contribution in [0, 0.1) is 11.3 Å². The average Bonchev–Trinajstić information content (AvgIpc) is 2.36. The summed E-state index contributed by atoms with van der Waals surface area (Å²) in [6.07, 6.45) is 0. The molecular formula is C12H13NO3. The monoisotopic (exact) mass is 219 g/mol. The summed E-state index contributed by atoms with van der Waals surface area (Å²) >= 11 is 0. The molecule has 0 amide bonds. The van der Waals surface area contributed by atoms with E-state index in [9.17, 15) is 4.79 Å². The van der Waals surface area contributed by atoms with Crippen molar-refractivity contribution in [2.75, 3.05) is 14.2 Å². The number of benzene rings is 1. The Morgan fingerprint density at radius 1 is 1.38 bits per heavy atom. The van der Waals surface area contributed by atoms with Crippen molar-refractivity contribution in [3.05, 3.63) is 29.8 Å². The zero-order chi connectivity index (χ0) is 12.2. The number of esters is 1. The molecule has 1 atom stereocenters. The predicted octanol–water partition coefficient (Wildman–Crippen LogP) is 1.65. The van der Waals surface area contributed by atoms with Gasteiger partial charge in [-0.05, 0) is 13.0 Å². The summed E-state index contributed by atoms with van der Waals surface area (Å²) in [5.41, 5.74) is -0.840. The number of nitrogens with zero attached hydrogens (tertiary/aromatic N) is 1. The topological polar surface area (TPSA) is 59.3 Å². The van der Waals surface area contributed by atoms with Crippen LogP contribution in [0.25, 0.3) is 0 Å². The maximum absolute atomic E-state index is 11.6. The van der Waals surface area contributed by atoms with Crippen molar-refractivity contribution < 1.29 is 14.3 Å². The van der Waals surface area contributed by atoms with Crippen LogP contribution < -0.4 is 4.74 Å². The summed E-state index contributed by atoms with van der Waals surface area (Å²) in [6, 6.07) is 8.87. The van der Waals surface area contributed by atoms with Gasteiger partial charge in [-0.1, -0.05) is 18.2 Å². The molecular weight excluding hydrogens is 206 g/mol. The Balaban J connectivity index is 3.34. The number of methoxy groups -OCH3 is 2. The molecule has 1 rings (SSSR count). The smallest absolute Gasteiger partial charge is 0.330 e. The molecule has 0 fully saturated rings. The highest BCUT2D eigenvalue weighted by molar-refractivity contribution is 5.87. The van der Waals surface area contributed by atoms with E-state index in [0.29, 0.717) is 11.3 Å². The molecule has 84 valence electrons. The molecule has 0 aromatic heterocycles. The molecule has 0 heterocycles. The largest absolute Gasteiger partial charge is 0.496 e. The second-order valence-corrected chi connectivity index (χ2v) is 3.43. The van der Waals surface area contributed by atoms with Gasteiger partial charge in [0.05, 0.1) is 20.3 Å². The molecule has 0 spiro atoms. The number of carbonyl (C=O) groups excluding carboxylic acids is 1. The van der Waals surface area contributed by atoms with Crippen LogP contribution in [0.4, 0.5) is 0 Å². The lowest BCUT2D eigenvalue weighted by molar-refractivity contribution is -0.144. The molecule has 0 radical (unpaired) electrons. The van der Waals surface area contributed by atoms with Gasteiger partial charge in [-0.25, -0.2) is 4.79 Å². The van der Waals surface area contributed by atoms with Gasteiger partial charge in [-0.3, -0.25) is 0 Å². The van der Waals surface area contributed by atoms with Gasteiger partial charge in [0.25, 0.3) is 0 Å². The van der Waals surface area contributed by atoms with E-state index in [1.54, 1.807) is 24.3 Å². The molecule has 1 aromatic rings. The lowest BCUT2D eigenvalue weighted by Crippen LogP contribution is -2.32. The Kier molecular flexibility index (Phi) is 3.51. The second-order valence-electron chi connectivity index (χ2n) is 3.43. The molecule has 0 N–H and O–H groups in total. The van der Waals surface area contributed by atoms with E-state index in [2.05, 4.69) is 4.74 Å². The predicted molar refractivity (Wildman–Crippen MR) is 58.0 cm³/mol. The summed E-state index contributed by atoms with van der Waals surface area (Å²) in [6.45, 7) is 1.51. The quantitative estimate of drug-likeness (QED) is 0.725. The van der Waals surface area contributed by atoms with E-state index in [-0.39, 0.29) is 0 Å². The van der Waals surface area contributed by atoms with Crippen LogP contribution in [-0.2, 0) is 14.9 Å². The SMILES string of the molecule is COC(=O)C(C)(C#N)c1ccccc1OC. The molecule has 1 aromatic carbocycles. The third kappa shape index (κ3) is 1.84. The highest BCUT2D eigenvalue weighted by atomic mass is 16.5. The Morgan fingerprint density at radius 2 is 2.00 bits per heavy atom. The summed E-state index contributed by atoms with van der Waals surface area (Å²) in [5, 5.41) is 9.15. The van der Waals surface area contributed by atoms with Gasteiger partial charge in [-0.2, -0.15) is 5.26 Å². The Morgan fingerprint density at radius 3 is 2.50 bits per heavy atom. The van der Waals surface area contributed by atoms with Gasteiger partial charge in [0, 0.05) is 5.56 Å². The minimum absolute atomic E-state index is 0.497. The number of ether oxygens (including phenoxy) is 2. The maximum atomic E-state index is 11.6. The van der Waals surface area contributed by atoms with Crippen molar-refractivity contribution in [2.45, 2.75) is 12.3 Å². The number of rotatable bonds is 3. The molecule has 0 saturated heterocycles. The standard InChI is InChI=1S/C12H13NO3/c1-12(8-13,11(14)16-3)9-6-4-5-7-10(9)15-2/h4-7H,1-3H3. The number of hydrogen-bond acceptors (Lipinski definition) is 4. The first-order chi connectivity index (χ1) is 7.60. The second kappa shape index (κ2) is 4.67. The van der Waals surface area contributed by atoms with Gasteiger partial charge in [0.1, 0.15) is 5.75 Å². The number of hydrogen-bond donors (Lipinski definition) is 0. The van der Waals surface area contributed by atoms with Crippen LogP contribution >= 0.6 is 0 Å². The fourth-order valence-corrected chi connectivity index (χ4v) is 1.48. The van der Waals surface area contributed by atoms with E-state index in [1.807, 2.05) is 6.07 Å². The van der Waals surface area contributed by atoms with Gasteiger partial charge >= 0.3 is 5.97 Å². The van der Waals surface area contributed by atoms with Crippen molar-refractivity contribution in [1.82, 2.24) is 0 Å². The number of para-hydroxylation sites is 1. The van der Waals surface area contributed by atoms with Crippen molar-refractivity contribution in [1.29, 1.82) is 5.26 Å². The third-order valence-corrected chi connectivity index (χ3v) is 2.46. The van der Waals surface area contributed by atoms with Crippen LogP contribution in [-0.4, -0.2) is 20.2 Å². The maximum Gasteiger partial charge on any atom is 0.330 e. The van der Waals surface area contributed by atoms with Gasteiger partial charge in [-0.15, -0.1) is 0 Å². The van der Waals surface area contributed by atoms with Crippen molar-refractivity contribution >= 4 is 5.97 Å². The Hall–Kier alpha value is -2.02. The van der Waals surface area contributed by atoms with Crippen LogP contribution in [0.3, 0.4) is 0 Å². The highest BCUT2D eigenvalue weighted by Crippen LogP contribution is 2.32. The molecule has 0 saturated carbocycles. The summed E-state index contributed by atoms with van der Waals surface area (Å²) in [5.74, 6) is -0.101. The minimum Gasteiger partial charge on any atom is -0.496 e. The van der Waals surface area contributed by atoms with Crippen LogP contribution in [0.1, 0.15) is 12.5 Å². The molecule has 0 aliphatic rings. The van der Waals surface area contributed by atoms with Gasteiger partial charge < -0.3 is 9.47 Å². The third-order valence-electron chi connectivity index (χ3n) is 2.46. The molecule has 16 heavy (non-hydrogen) atoms. The van der Waals surface area contributed by atoms with E-state index >= 15 is 0 Å². The van der Waals surface area contributed by atoms with E-state index in [4.69, 9.17) is 10.00 Å². The van der Waals surface area contributed by atoms with Crippen LogP contribution in [0.2, 0.25) is 0 Å². The molecule has 1 unspecified atom stereocenters. The lowest BCUT2D eigenvalue weighted by atomic mass is 9.83. The molecule has 0 aliphatic carbocycles. The zero-order valence-electron chi connectivity index (χ0n) is 9.48. The molecule has 0 bridgehead atoms. The van der Waals surface area contributed by atoms with Crippen molar-refractivity contribution in [2.24, 2.45) is 0 Å². The summed E-state index contributed by atoms with van der Waals surface area (Å²) < 4.78 is 9.77. The van der Waals surface area contributed by atoms with Gasteiger partial charge in [0.15, 0.2) is 5.41 Å². The highest BCUT2D eigenvalue weighted by Gasteiger charge is 2.39. The lowest BCUT2D eigenvalue weighted by Gasteiger charge is -2.21. The Labute approximate surface area is 94.4 Å². The first-order valence-corrected chi connectivity index (χ1v) is 4.73. The van der Waals surface area contributed by atoms with Crippen LogP contribution in [0.5, 0.6) is 5.75 Å². The van der Waals surface area contributed by atoms with Crippen molar-refractivity contribution in [3.63, 3.8) is 0 Å². The van der Waals surface area contributed by atoms with E-state index in [1.165, 1.54) is 21.1 Å². The summed E-state index contributed by atoms with van der Waals surface area (Å²) in [7, 11) is 2.75. The van der Waals surface area contributed by atoms with E-state index < -0.39 is 11.4 Å². The van der Waals surface area contributed by atoms with E-state index in [0.717, 1.165) is 0 Å². The average molecular weight is 219 g/mol. The molecule has 4 nitrogen and oxygen atoms in total. The fourth-order valence-electron chi connectivity index (χ4n) is 1.48. The minimum atomic E-state index is -1.35. The number of nitriles is 1.